The zero-order valence-corrected chi connectivity index (χ0v) is 16.3. The molecule has 3 N–H and O–H groups in total. The molecule has 1 aromatic heterocycles. The van der Waals surface area contributed by atoms with E-state index in [1.54, 1.807) is 18.4 Å². The van der Waals surface area contributed by atoms with Crippen molar-refractivity contribution in [3.05, 3.63) is 59.5 Å². The molecule has 1 aliphatic heterocycles. The lowest BCUT2D eigenvalue weighted by Gasteiger charge is -2.28. The first-order valence-electron chi connectivity index (χ1n) is 8.95. The first-order chi connectivity index (χ1) is 12.5. The van der Waals surface area contributed by atoms with Gasteiger partial charge >= 0.3 is 0 Å². The summed E-state index contributed by atoms with van der Waals surface area (Å²) in [6.45, 7) is 4.80. The zero-order valence-electron chi connectivity index (χ0n) is 15.5. The minimum atomic E-state index is -0.587. The van der Waals surface area contributed by atoms with Crippen molar-refractivity contribution in [3.63, 3.8) is 0 Å². The van der Waals surface area contributed by atoms with Gasteiger partial charge in [-0.05, 0) is 35.6 Å². The number of amides is 2. The third-order valence-electron chi connectivity index (χ3n) is 4.66. The minimum Gasteiger partial charge on any atom is -0.467 e. The fraction of sp³-hybridized carbons (Fsp3) is 0.400. The van der Waals surface area contributed by atoms with Crippen LogP contribution >= 0.6 is 12.4 Å². The summed E-state index contributed by atoms with van der Waals surface area (Å²) in [5, 5.41) is 8.98. The Morgan fingerprint density at radius 1 is 1.19 bits per heavy atom. The maximum Gasteiger partial charge on any atom is 0.243 e. The molecule has 2 aromatic rings. The Morgan fingerprint density at radius 3 is 2.59 bits per heavy atom. The number of carbonyl (C=O) groups is 2. The number of halogens is 1. The highest BCUT2D eigenvalue weighted by Gasteiger charge is 2.29. The van der Waals surface area contributed by atoms with Crippen molar-refractivity contribution in [3.8, 4) is 0 Å². The SMILES string of the molecule is CC(C)[C@@H](NC(=O)[C@@H]1Cc2ccccc2CN1)C(=O)NCc1ccco1.Cl. The smallest absolute Gasteiger partial charge is 0.243 e. The Morgan fingerprint density at radius 2 is 1.93 bits per heavy atom. The summed E-state index contributed by atoms with van der Waals surface area (Å²) >= 11 is 0. The Kier molecular flexibility index (Phi) is 7.45. The van der Waals surface area contributed by atoms with Crippen LogP contribution in [0.25, 0.3) is 0 Å². The summed E-state index contributed by atoms with van der Waals surface area (Å²) in [6.07, 6.45) is 2.19. The van der Waals surface area contributed by atoms with Gasteiger partial charge in [-0.1, -0.05) is 38.1 Å². The van der Waals surface area contributed by atoms with Crippen LogP contribution < -0.4 is 16.0 Å². The van der Waals surface area contributed by atoms with E-state index < -0.39 is 6.04 Å². The van der Waals surface area contributed by atoms with Gasteiger partial charge in [0, 0.05) is 6.54 Å². The van der Waals surface area contributed by atoms with Crippen LogP contribution in [-0.2, 0) is 29.1 Å². The quantitative estimate of drug-likeness (QED) is 0.704. The predicted molar refractivity (Wildman–Crippen MR) is 105 cm³/mol. The highest BCUT2D eigenvalue weighted by molar-refractivity contribution is 5.90. The standard InChI is InChI=1S/C20H25N3O3.ClH/c1-13(2)18(20(25)22-12-16-8-5-9-26-16)23-19(24)17-10-14-6-3-4-7-15(14)11-21-17;/h3-9,13,17-18,21H,10-12H2,1-2H3,(H,22,25)(H,23,24);1H/t17-,18+;/m0./s1. The number of hydrogen-bond acceptors (Lipinski definition) is 4. The first-order valence-corrected chi connectivity index (χ1v) is 8.95. The summed E-state index contributed by atoms with van der Waals surface area (Å²) in [7, 11) is 0. The van der Waals surface area contributed by atoms with Crippen LogP contribution in [0.4, 0.5) is 0 Å². The van der Waals surface area contributed by atoms with E-state index in [9.17, 15) is 9.59 Å². The summed E-state index contributed by atoms with van der Waals surface area (Å²) < 4.78 is 5.22. The number of furan rings is 1. The Balaban J connectivity index is 0.00000261. The lowest BCUT2D eigenvalue weighted by Crippen LogP contribution is -2.55. The molecule has 0 aliphatic carbocycles. The van der Waals surface area contributed by atoms with Gasteiger partial charge in [0.05, 0.1) is 18.8 Å². The predicted octanol–water partition coefficient (Wildman–Crippen LogP) is 2.17. The lowest BCUT2D eigenvalue weighted by molar-refractivity contribution is -0.131. The van der Waals surface area contributed by atoms with Crippen LogP contribution in [0.3, 0.4) is 0 Å². The van der Waals surface area contributed by atoms with Crippen LogP contribution in [-0.4, -0.2) is 23.9 Å². The normalized spacial score (nSPS) is 16.8. The zero-order chi connectivity index (χ0) is 18.5. The van der Waals surface area contributed by atoms with E-state index in [-0.39, 0.29) is 36.2 Å². The molecule has 6 nitrogen and oxygen atoms in total. The van der Waals surface area contributed by atoms with E-state index in [0.29, 0.717) is 25.3 Å². The van der Waals surface area contributed by atoms with Crippen molar-refractivity contribution in [2.24, 2.45) is 5.92 Å². The molecule has 0 radical (unpaired) electrons. The molecule has 3 rings (SSSR count). The molecule has 27 heavy (non-hydrogen) atoms. The highest BCUT2D eigenvalue weighted by atomic mass is 35.5. The van der Waals surface area contributed by atoms with Gasteiger partial charge in [-0.3, -0.25) is 9.59 Å². The Labute approximate surface area is 165 Å². The summed E-state index contributed by atoms with van der Waals surface area (Å²) in [6, 6.07) is 10.8. The molecule has 0 spiro atoms. The Bertz CT molecular complexity index is 762. The third kappa shape index (κ3) is 5.34. The topological polar surface area (TPSA) is 83.4 Å². The van der Waals surface area contributed by atoms with Gasteiger partial charge in [0.15, 0.2) is 0 Å². The van der Waals surface area contributed by atoms with E-state index >= 15 is 0 Å². The van der Waals surface area contributed by atoms with Crippen molar-refractivity contribution < 1.29 is 14.0 Å². The summed E-state index contributed by atoms with van der Waals surface area (Å²) in [5.41, 5.74) is 2.39. The number of nitrogens with one attached hydrogen (secondary N) is 3. The molecule has 1 aromatic carbocycles. The van der Waals surface area contributed by atoms with Gasteiger partial charge in [-0.25, -0.2) is 0 Å². The molecular formula is C20H26ClN3O3. The third-order valence-corrected chi connectivity index (χ3v) is 4.66. The van der Waals surface area contributed by atoms with Crippen LogP contribution in [0.2, 0.25) is 0 Å². The molecule has 0 bridgehead atoms. The molecule has 0 saturated heterocycles. The van der Waals surface area contributed by atoms with E-state index in [1.807, 2.05) is 32.0 Å². The average Bonchev–Trinajstić information content (AvgIpc) is 3.17. The van der Waals surface area contributed by atoms with Crippen LogP contribution in [0.1, 0.15) is 30.7 Å². The summed E-state index contributed by atoms with van der Waals surface area (Å²) in [4.78, 5) is 25.2. The molecular weight excluding hydrogens is 366 g/mol. The van der Waals surface area contributed by atoms with Gasteiger partial charge < -0.3 is 20.4 Å². The number of rotatable bonds is 6. The molecule has 0 fully saturated rings. The fourth-order valence-electron chi connectivity index (χ4n) is 3.13. The largest absolute Gasteiger partial charge is 0.467 e. The number of fused-ring (bicyclic) bond motifs is 1. The Hall–Kier alpha value is -2.31. The second kappa shape index (κ2) is 9.58. The fourth-order valence-corrected chi connectivity index (χ4v) is 3.13. The number of hydrogen-bond donors (Lipinski definition) is 3. The molecule has 2 atom stereocenters. The van der Waals surface area contributed by atoms with Gasteiger partial charge in [-0.2, -0.15) is 0 Å². The van der Waals surface area contributed by atoms with E-state index in [0.717, 1.165) is 0 Å². The monoisotopic (exact) mass is 391 g/mol. The lowest BCUT2D eigenvalue weighted by atomic mass is 9.95. The van der Waals surface area contributed by atoms with Crippen molar-refractivity contribution in [2.75, 3.05) is 0 Å². The molecule has 1 aliphatic rings. The van der Waals surface area contributed by atoms with Crippen LogP contribution in [0.5, 0.6) is 0 Å². The van der Waals surface area contributed by atoms with E-state index in [4.69, 9.17) is 4.42 Å². The molecule has 0 unspecified atom stereocenters. The maximum atomic E-state index is 12.7. The summed E-state index contributed by atoms with van der Waals surface area (Å²) in [5.74, 6) is 0.302. The minimum absolute atomic E-state index is 0. The van der Waals surface area contributed by atoms with Crippen molar-refractivity contribution in [1.29, 1.82) is 0 Å². The molecule has 146 valence electrons. The second-order valence-corrected chi connectivity index (χ2v) is 6.93. The van der Waals surface area contributed by atoms with Gasteiger partial charge in [0.1, 0.15) is 11.8 Å². The average molecular weight is 392 g/mol. The van der Waals surface area contributed by atoms with Crippen molar-refractivity contribution in [2.45, 2.75) is 45.4 Å². The number of benzene rings is 1. The van der Waals surface area contributed by atoms with E-state index in [1.165, 1.54) is 11.1 Å². The van der Waals surface area contributed by atoms with Gasteiger partial charge in [0.2, 0.25) is 11.8 Å². The molecule has 2 heterocycles. The van der Waals surface area contributed by atoms with E-state index in [2.05, 4.69) is 22.0 Å². The molecule has 2 amide bonds. The van der Waals surface area contributed by atoms with Crippen molar-refractivity contribution in [1.82, 2.24) is 16.0 Å². The number of carbonyl (C=O) groups excluding carboxylic acids is 2. The van der Waals surface area contributed by atoms with Gasteiger partial charge in [-0.15, -0.1) is 12.4 Å². The molecule has 0 saturated carbocycles. The molecule has 7 heteroatoms. The van der Waals surface area contributed by atoms with Crippen LogP contribution in [0.15, 0.2) is 47.1 Å². The van der Waals surface area contributed by atoms with Crippen LogP contribution in [0, 0.1) is 5.92 Å². The highest BCUT2D eigenvalue weighted by Crippen LogP contribution is 2.16. The maximum absolute atomic E-state index is 12.7. The van der Waals surface area contributed by atoms with Gasteiger partial charge in [0.25, 0.3) is 0 Å². The first kappa shape index (κ1) is 21.0. The van der Waals surface area contributed by atoms with Crippen molar-refractivity contribution >= 4 is 24.2 Å². The second-order valence-electron chi connectivity index (χ2n) is 6.93.